The smallest absolute Gasteiger partial charge is 0.232 e. The van der Waals surface area contributed by atoms with Gasteiger partial charge in [-0.1, -0.05) is 34.8 Å². The molecule has 0 spiro atoms. The maximum atomic E-state index is 10.3. The van der Waals surface area contributed by atoms with Crippen molar-refractivity contribution < 1.29 is 30.0 Å². The first-order valence-corrected chi connectivity index (χ1v) is 8.35. The zero-order valence-electron chi connectivity index (χ0n) is 12.8. The summed E-state index contributed by atoms with van der Waals surface area (Å²) in [5, 5.41) is 39.4. The number of fused-ring (bicyclic) bond motifs is 1. The van der Waals surface area contributed by atoms with E-state index in [0.717, 1.165) is 0 Å². The minimum absolute atomic E-state index is 0.0437. The normalized spacial score (nSPS) is 28.0. The second-order valence-corrected chi connectivity index (χ2v) is 6.80. The molecule has 4 atom stereocenters. The minimum atomic E-state index is -1.36. The molecule has 0 radical (unpaired) electrons. The van der Waals surface area contributed by atoms with Gasteiger partial charge in [-0.05, 0) is 6.07 Å². The molecule has 0 amide bonds. The lowest BCUT2D eigenvalue weighted by Gasteiger charge is -2.20. The van der Waals surface area contributed by atoms with Crippen molar-refractivity contribution in [2.45, 2.75) is 24.4 Å². The lowest BCUT2D eigenvalue weighted by atomic mass is 9.93. The van der Waals surface area contributed by atoms with Crippen molar-refractivity contribution in [1.29, 1.82) is 0 Å². The van der Waals surface area contributed by atoms with Crippen LogP contribution in [0.1, 0.15) is 17.2 Å². The Morgan fingerprint density at radius 1 is 1.28 bits per heavy atom. The molecule has 1 fully saturated rings. The fraction of sp³-hybridized carbons (Fsp3) is 0.400. The summed E-state index contributed by atoms with van der Waals surface area (Å²) in [5.41, 5.74) is 1.20. The van der Waals surface area contributed by atoms with Crippen LogP contribution in [0.25, 0.3) is 5.57 Å². The number of nitrogens with zero attached hydrogens (tertiary/aromatic N) is 2. The molecule has 2 aliphatic heterocycles. The van der Waals surface area contributed by atoms with Gasteiger partial charge in [-0.25, -0.2) is 4.99 Å². The molecule has 0 saturated carbocycles. The SMILES string of the molecule is C[N+](O)=C=C1C(Cl)=Nc2cc(Cl)c(Cl)c([C@@H]3O[C@H](CO)[C@@H](O)[C@H]3O)c21. The molecule has 7 nitrogen and oxygen atoms in total. The van der Waals surface area contributed by atoms with Gasteiger partial charge in [0.1, 0.15) is 30.0 Å². The number of benzene rings is 1. The first kappa shape index (κ1) is 18.6. The molecule has 4 N–H and O–H groups in total. The number of halogens is 3. The van der Waals surface area contributed by atoms with E-state index in [9.17, 15) is 20.5 Å². The summed E-state index contributed by atoms with van der Waals surface area (Å²) in [4.78, 5) is 4.16. The van der Waals surface area contributed by atoms with E-state index in [2.05, 4.69) is 10.9 Å². The Bertz CT molecular complexity index is 831. The number of aliphatic hydroxyl groups is 3. The molecule has 3 rings (SSSR count). The summed E-state index contributed by atoms with van der Waals surface area (Å²) in [7, 11) is 1.33. The van der Waals surface area contributed by atoms with Crippen molar-refractivity contribution in [2.24, 2.45) is 4.99 Å². The Hall–Kier alpha value is -1.15. The average molecular weight is 409 g/mol. The Kier molecular flexibility index (Phi) is 5.12. The van der Waals surface area contributed by atoms with Gasteiger partial charge in [-0.3, -0.25) is 5.21 Å². The van der Waals surface area contributed by atoms with Crippen LogP contribution in [-0.2, 0) is 4.74 Å². The van der Waals surface area contributed by atoms with Crippen LogP contribution in [0.4, 0.5) is 5.69 Å². The van der Waals surface area contributed by atoms with Crippen molar-refractivity contribution >= 4 is 57.1 Å². The molecule has 134 valence electrons. The molecule has 10 heteroatoms. The van der Waals surface area contributed by atoms with Crippen LogP contribution in [0.15, 0.2) is 11.1 Å². The minimum Gasteiger partial charge on any atom is -0.394 e. The standard InChI is InChI=1S/C15H14Cl3N2O5/c1-20(24)3-5-9-7(19-15(5)18)2-6(16)11(17)10(9)14-13(23)12(22)8(4-21)25-14/h2,8,12-14,21-24H,4H2,1H3/q+1/t8-,12-,13-,14+/m1/s1. The molecule has 2 heterocycles. The molecule has 1 saturated heterocycles. The van der Waals surface area contributed by atoms with Gasteiger partial charge in [0.05, 0.1) is 22.3 Å². The molecule has 0 aliphatic carbocycles. The number of hydroxylamine groups is 1. The van der Waals surface area contributed by atoms with Crippen LogP contribution in [0.3, 0.4) is 0 Å². The summed E-state index contributed by atoms with van der Waals surface area (Å²) in [6.07, 6.45) is -4.73. The third kappa shape index (κ3) is 3.07. The van der Waals surface area contributed by atoms with Crippen molar-refractivity contribution in [1.82, 2.24) is 0 Å². The number of allylic oxidation sites excluding steroid dienone is 1. The van der Waals surface area contributed by atoms with E-state index in [1.165, 1.54) is 13.1 Å². The second kappa shape index (κ2) is 6.87. The van der Waals surface area contributed by atoms with Crippen LogP contribution in [0, 0.1) is 0 Å². The van der Waals surface area contributed by atoms with E-state index in [1.807, 2.05) is 0 Å². The highest BCUT2D eigenvalue weighted by molar-refractivity contribution is 6.79. The molecule has 1 aromatic rings. The van der Waals surface area contributed by atoms with Crippen molar-refractivity contribution in [3.8, 4) is 0 Å². The summed E-state index contributed by atoms with van der Waals surface area (Å²) >= 11 is 18.6. The predicted octanol–water partition coefficient (Wildman–Crippen LogP) is 1.51. The number of hydrogen-bond donors (Lipinski definition) is 4. The van der Waals surface area contributed by atoms with E-state index < -0.39 is 31.0 Å². The third-order valence-electron chi connectivity index (χ3n) is 4.01. The molecule has 1 aromatic carbocycles. The van der Waals surface area contributed by atoms with Gasteiger partial charge in [0.15, 0.2) is 12.2 Å². The Morgan fingerprint density at radius 3 is 2.52 bits per heavy atom. The average Bonchev–Trinajstić information content (AvgIpc) is 2.99. The molecular weight excluding hydrogens is 395 g/mol. The van der Waals surface area contributed by atoms with Gasteiger partial charge < -0.3 is 20.1 Å². The van der Waals surface area contributed by atoms with E-state index in [4.69, 9.17) is 39.5 Å². The number of aliphatic hydroxyl groups excluding tert-OH is 3. The van der Waals surface area contributed by atoms with Crippen LogP contribution >= 0.6 is 34.8 Å². The van der Waals surface area contributed by atoms with Gasteiger partial charge in [-0.15, -0.1) is 0 Å². The molecule has 0 unspecified atom stereocenters. The summed E-state index contributed by atoms with van der Waals surface area (Å²) in [5.74, 6) is 2.60. The van der Waals surface area contributed by atoms with Crippen LogP contribution < -0.4 is 0 Å². The molecule has 0 aromatic heterocycles. The number of hydrogen-bond acceptors (Lipinski definition) is 6. The van der Waals surface area contributed by atoms with Gasteiger partial charge in [0, 0.05) is 15.9 Å². The maximum Gasteiger partial charge on any atom is 0.232 e. The first-order valence-electron chi connectivity index (χ1n) is 7.21. The van der Waals surface area contributed by atoms with Crippen molar-refractivity contribution in [3.63, 3.8) is 0 Å². The van der Waals surface area contributed by atoms with Crippen molar-refractivity contribution in [2.75, 3.05) is 13.7 Å². The quantitative estimate of drug-likeness (QED) is 0.257. The van der Waals surface area contributed by atoms with Crippen LogP contribution in [0.2, 0.25) is 10.0 Å². The topological polar surface area (TPSA) is 106 Å². The third-order valence-corrected chi connectivity index (χ3v) is 5.09. The monoisotopic (exact) mass is 407 g/mol. The fourth-order valence-corrected chi connectivity index (χ4v) is 3.61. The number of rotatable bonds is 2. The van der Waals surface area contributed by atoms with Crippen molar-refractivity contribution in [3.05, 3.63) is 27.2 Å². The van der Waals surface area contributed by atoms with E-state index in [1.54, 1.807) is 0 Å². The van der Waals surface area contributed by atoms with Gasteiger partial charge in [-0.2, -0.15) is 0 Å². The largest absolute Gasteiger partial charge is 0.394 e. The zero-order valence-corrected chi connectivity index (χ0v) is 15.1. The van der Waals surface area contributed by atoms with Crippen LogP contribution in [0.5, 0.6) is 0 Å². The van der Waals surface area contributed by atoms with Gasteiger partial charge in [0.2, 0.25) is 5.87 Å². The zero-order chi connectivity index (χ0) is 18.5. The summed E-state index contributed by atoms with van der Waals surface area (Å²) in [6.45, 7) is -0.486. The fourth-order valence-electron chi connectivity index (χ4n) is 2.92. The van der Waals surface area contributed by atoms with E-state index >= 15 is 0 Å². The molecular formula is C15H14Cl3N2O5+. The van der Waals surface area contributed by atoms with E-state index in [0.29, 0.717) is 16.0 Å². The number of aliphatic imine (C=N–C) groups is 1. The second-order valence-electron chi connectivity index (χ2n) is 5.65. The van der Waals surface area contributed by atoms with Gasteiger partial charge in [0.25, 0.3) is 0 Å². The molecule has 25 heavy (non-hydrogen) atoms. The Morgan fingerprint density at radius 2 is 1.96 bits per heavy atom. The predicted molar refractivity (Wildman–Crippen MR) is 92.5 cm³/mol. The van der Waals surface area contributed by atoms with Gasteiger partial charge >= 0.3 is 0 Å². The highest BCUT2D eigenvalue weighted by Crippen LogP contribution is 2.49. The molecule has 0 bridgehead atoms. The summed E-state index contributed by atoms with van der Waals surface area (Å²) in [6, 6.07) is 1.48. The lowest BCUT2D eigenvalue weighted by Crippen LogP contribution is -2.32. The van der Waals surface area contributed by atoms with Crippen LogP contribution in [-0.4, -0.2) is 68.3 Å². The summed E-state index contributed by atoms with van der Waals surface area (Å²) < 4.78 is 6.24. The Balaban J connectivity index is 2.26. The maximum absolute atomic E-state index is 10.3. The first-order chi connectivity index (χ1) is 11.8. The Labute approximate surface area is 157 Å². The molecule has 2 aliphatic rings. The number of ether oxygens (including phenoxy) is 1. The highest BCUT2D eigenvalue weighted by atomic mass is 35.5. The lowest BCUT2D eigenvalue weighted by molar-refractivity contribution is -0.749. The highest BCUT2D eigenvalue weighted by Gasteiger charge is 2.46. The van der Waals surface area contributed by atoms with E-state index in [-0.39, 0.29) is 26.4 Å².